The summed E-state index contributed by atoms with van der Waals surface area (Å²) in [5, 5.41) is 11.1. The lowest BCUT2D eigenvalue weighted by molar-refractivity contribution is -0.144. The lowest BCUT2D eigenvalue weighted by atomic mass is 9.80. The highest BCUT2D eigenvalue weighted by Gasteiger charge is 2.46. The standard InChI is InChI=1S/C34H57N5O7S/c1-8-19-35-29(42)26(40)24(21-23-14-12-15-23)36-28(41)25-16-13-20-39(25)30(43)27(32(2,3)4)37-31(44)38-34(17-10-9-11-18-34)22-47(45,46)33(5,6)7/h8,23-25,27H,1,9-22H2,2-7H3,(H,35,42)(H,36,41)(H2,37,38,44)/t24?,25-,27+/m0/s1. The van der Waals surface area contributed by atoms with Crippen LogP contribution in [-0.4, -0.2) is 90.1 Å². The van der Waals surface area contributed by atoms with Crippen LogP contribution in [-0.2, 0) is 29.0 Å². The normalized spacial score (nSPS) is 21.5. The van der Waals surface area contributed by atoms with E-state index in [1.165, 1.54) is 11.0 Å². The molecule has 0 aromatic rings. The second kappa shape index (κ2) is 15.5. The molecule has 2 saturated carbocycles. The number of nitrogens with one attached hydrogen (secondary N) is 4. The molecule has 1 aliphatic heterocycles. The lowest BCUT2D eigenvalue weighted by Gasteiger charge is -2.41. The third-order valence-electron chi connectivity index (χ3n) is 9.87. The first kappa shape index (κ1) is 38.5. The smallest absolute Gasteiger partial charge is 0.315 e. The van der Waals surface area contributed by atoms with Crippen LogP contribution in [0.1, 0.15) is 112 Å². The van der Waals surface area contributed by atoms with Crippen LogP contribution in [0.25, 0.3) is 0 Å². The average Bonchev–Trinajstić information content (AvgIpc) is 3.44. The van der Waals surface area contributed by atoms with E-state index in [9.17, 15) is 32.4 Å². The summed E-state index contributed by atoms with van der Waals surface area (Å²) in [5.41, 5.74) is -1.70. The van der Waals surface area contributed by atoms with Gasteiger partial charge in [0.05, 0.1) is 22.1 Å². The molecule has 0 aromatic carbocycles. The molecule has 0 aromatic heterocycles. The van der Waals surface area contributed by atoms with Crippen molar-refractivity contribution >= 4 is 39.4 Å². The predicted molar refractivity (Wildman–Crippen MR) is 181 cm³/mol. The summed E-state index contributed by atoms with van der Waals surface area (Å²) in [5.74, 6) is -2.41. The fourth-order valence-corrected chi connectivity index (χ4v) is 8.13. The zero-order chi connectivity index (χ0) is 35.2. The second-order valence-electron chi connectivity index (χ2n) is 15.8. The van der Waals surface area contributed by atoms with E-state index in [0.29, 0.717) is 38.6 Å². The fourth-order valence-electron chi connectivity index (χ4n) is 6.61. The Labute approximate surface area is 280 Å². The summed E-state index contributed by atoms with van der Waals surface area (Å²) in [6, 6.07) is -3.52. The van der Waals surface area contributed by atoms with Crippen LogP contribution in [0.15, 0.2) is 12.7 Å². The third kappa shape index (κ3) is 10.0. The highest BCUT2D eigenvalue weighted by atomic mass is 32.2. The number of amides is 5. The Morgan fingerprint density at radius 3 is 2.09 bits per heavy atom. The van der Waals surface area contributed by atoms with Crippen LogP contribution in [0.4, 0.5) is 4.79 Å². The molecule has 266 valence electrons. The van der Waals surface area contributed by atoms with Crippen LogP contribution >= 0.6 is 0 Å². The number of urea groups is 1. The summed E-state index contributed by atoms with van der Waals surface area (Å²) in [6.45, 7) is 14.4. The van der Waals surface area contributed by atoms with E-state index in [2.05, 4.69) is 27.8 Å². The van der Waals surface area contributed by atoms with E-state index in [0.717, 1.165) is 38.5 Å². The largest absolute Gasteiger partial charge is 0.346 e. The molecule has 3 rings (SSSR count). The van der Waals surface area contributed by atoms with Crippen LogP contribution in [0.5, 0.6) is 0 Å². The average molecular weight is 680 g/mol. The summed E-state index contributed by atoms with van der Waals surface area (Å²) in [6.07, 6.45) is 9.20. The number of hydrogen-bond acceptors (Lipinski definition) is 7. The zero-order valence-electron chi connectivity index (χ0n) is 29.2. The number of hydrogen-bond donors (Lipinski definition) is 4. The minimum absolute atomic E-state index is 0.127. The van der Waals surface area contributed by atoms with E-state index in [4.69, 9.17) is 0 Å². The number of Topliss-reactive ketones (excluding diaryl/α,β-unsaturated/α-hetero) is 1. The van der Waals surface area contributed by atoms with E-state index in [1.807, 2.05) is 20.8 Å². The Hall–Kier alpha value is -2.96. The number of likely N-dealkylation sites (tertiary alicyclic amines) is 1. The molecule has 3 fully saturated rings. The van der Waals surface area contributed by atoms with Gasteiger partial charge in [-0.1, -0.05) is 65.4 Å². The first-order valence-corrected chi connectivity index (χ1v) is 18.8. The molecule has 1 unspecified atom stereocenters. The van der Waals surface area contributed by atoms with E-state index < -0.39 is 73.2 Å². The minimum Gasteiger partial charge on any atom is -0.346 e. The van der Waals surface area contributed by atoms with E-state index in [-0.39, 0.29) is 18.2 Å². The molecule has 1 heterocycles. The maximum absolute atomic E-state index is 14.1. The van der Waals surface area contributed by atoms with Gasteiger partial charge in [-0.3, -0.25) is 19.2 Å². The molecule has 0 spiro atoms. The van der Waals surface area contributed by atoms with Gasteiger partial charge in [0.15, 0.2) is 9.84 Å². The zero-order valence-corrected chi connectivity index (χ0v) is 30.0. The predicted octanol–water partition coefficient (Wildman–Crippen LogP) is 3.15. The molecule has 1 saturated heterocycles. The van der Waals surface area contributed by atoms with Crippen molar-refractivity contribution in [2.45, 2.75) is 141 Å². The number of rotatable bonds is 13. The molecular weight excluding hydrogens is 622 g/mol. The van der Waals surface area contributed by atoms with Crippen LogP contribution in [0.2, 0.25) is 0 Å². The van der Waals surface area contributed by atoms with Crippen molar-refractivity contribution in [2.75, 3.05) is 18.8 Å². The van der Waals surface area contributed by atoms with Gasteiger partial charge in [-0.15, -0.1) is 6.58 Å². The molecule has 4 N–H and O–H groups in total. The summed E-state index contributed by atoms with van der Waals surface area (Å²) >= 11 is 0. The molecule has 0 radical (unpaired) electrons. The van der Waals surface area contributed by atoms with Crippen molar-refractivity contribution in [3.05, 3.63) is 12.7 Å². The first-order chi connectivity index (χ1) is 21.8. The molecule has 3 atom stereocenters. The summed E-state index contributed by atoms with van der Waals surface area (Å²) < 4.78 is 25.5. The number of carbonyl (C=O) groups excluding carboxylic acids is 5. The highest BCUT2D eigenvalue weighted by Crippen LogP contribution is 2.34. The maximum Gasteiger partial charge on any atom is 0.315 e. The Morgan fingerprint density at radius 2 is 1.55 bits per heavy atom. The molecule has 3 aliphatic rings. The van der Waals surface area contributed by atoms with Crippen LogP contribution in [0, 0.1) is 11.3 Å². The van der Waals surface area contributed by atoms with Crippen molar-refractivity contribution < 1.29 is 32.4 Å². The summed E-state index contributed by atoms with van der Waals surface area (Å²) in [7, 11) is -3.55. The Balaban J connectivity index is 1.77. The van der Waals surface area contributed by atoms with Gasteiger partial charge >= 0.3 is 6.03 Å². The first-order valence-electron chi connectivity index (χ1n) is 17.1. The quantitative estimate of drug-likeness (QED) is 0.171. The van der Waals surface area contributed by atoms with Crippen LogP contribution < -0.4 is 21.3 Å². The van der Waals surface area contributed by atoms with E-state index in [1.54, 1.807) is 20.8 Å². The van der Waals surface area contributed by atoms with Crippen molar-refractivity contribution in [2.24, 2.45) is 11.3 Å². The molecule has 2 aliphatic carbocycles. The van der Waals surface area contributed by atoms with Gasteiger partial charge in [0, 0.05) is 13.1 Å². The molecule has 12 nitrogen and oxygen atoms in total. The maximum atomic E-state index is 14.1. The van der Waals surface area contributed by atoms with E-state index >= 15 is 0 Å². The number of nitrogens with zero attached hydrogens (tertiary/aromatic N) is 1. The topological polar surface area (TPSA) is 171 Å². The van der Waals surface area contributed by atoms with Crippen molar-refractivity contribution in [3.8, 4) is 0 Å². The van der Waals surface area contributed by atoms with Gasteiger partial charge < -0.3 is 26.2 Å². The Morgan fingerprint density at radius 1 is 0.915 bits per heavy atom. The van der Waals surface area contributed by atoms with Gasteiger partial charge in [-0.05, 0) is 64.2 Å². The molecule has 47 heavy (non-hydrogen) atoms. The van der Waals surface area contributed by atoms with Gasteiger partial charge in [0.1, 0.15) is 12.1 Å². The molecular formula is C34H57N5O7S. The monoisotopic (exact) mass is 679 g/mol. The lowest BCUT2D eigenvalue weighted by Crippen LogP contribution is -2.63. The number of sulfone groups is 1. The van der Waals surface area contributed by atoms with Gasteiger partial charge in [-0.2, -0.15) is 0 Å². The minimum atomic E-state index is -3.55. The van der Waals surface area contributed by atoms with Gasteiger partial charge in [-0.25, -0.2) is 13.2 Å². The summed E-state index contributed by atoms with van der Waals surface area (Å²) in [4.78, 5) is 68.4. The van der Waals surface area contributed by atoms with Gasteiger partial charge in [0.25, 0.3) is 5.91 Å². The Kier molecular flexibility index (Phi) is 12.7. The molecule has 13 heteroatoms. The highest BCUT2D eigenvalue weighted by molar-refractivity contribution is 7.92. The van der Waals surface area contributed by atoms with Crippen LogP contribution in [0.3, 0.4) is 0 Å². The van der Waals surface area contributed by atoms with Crippen molar-refractivity contribution in [3.63, 3.8) is 0 Å². The Bertz CT molecular complexity index is 1290. The van der Waals surface area contributed by atoms with Gasteiger partial charge in [0.2, 0.25) is 17.6 Å². The molecule has 5 amide bonds. The number of carbonyl (C=O) groups is 5. The number of ketones is 1. The SMILES string of the molecule is C=CCNC(=O)C(=O)C(CC1CCC1)NC(=O)[C@@H]1CCCN1C(=O)[C@@H](NC(=O)NC1(CS(=O)(=O)C(C)(C)C)CCCCC1)C(C)(C)C. The second-order valence-corrected chi connectivity index (χ2v) is 18.5. The molecule has 0 bridgehead atoms. The van der Waals surface area contributed by atoms with Crippen molar-refractivity contribution in [1.29, 1.82) is 0 Å². The third-order valence-corrected chi connectivity index (χ3v) is 12.7. The van der Waals surface area contributed by atoms with Crippen molar-refractivity contribution in [1.82, 2.24) is 26.2 Å². The fraction of sp³-hybridized carbons (Fsp3) is 0.794.